The summed E-state index contributed by atoms with van der Waals surface area (Å²) in [5.74, 6) is -0.102. The number of aromatic nitrogens is 3. The van der Waals surface area contributed by atoms with Crippen molar-refractivity contribution >= 4 is 11.9 Å². The van der Waals surface area contributed by atoms with Crippen LogP contribution in [0.25, 0.3) is 0 Å². The number of carbonyl (C=O) groups is 2. The van der Waals surface area contributed by atoms with Gasteiger partial charge in [0.1, 0.15) is 5.54 Å². The number of methoxy groups -OCH3 is 1. The molecule has 9 heteroatoms. The topological polar surface area (TPSA) is 83.8 Å². The van der Waals surface area contributed by atoms with Crippen LogP contribution >= 0.6 is 0 Å². The Morgan fingerprint density at radius 1 is 1.19 bits per heavy atom. The quantitative estimate of drug-likeness (QED) is 0.625. The average molecular weight is 427 g/mol. The summed E-state index contributed by atoms with van der Waals surface area (Å²) in [5, 5.41) is 4.42. The lowest BCUT2D eigenvalue weighted by Gasteiger charge is -2.42. The summed E-state index contributed by atoms with van der Waals surface area (Å²) in [6.07, 6.45) is 6.66. The molecule has 166 valence electrons. The highest BCUT2D eigenvalue weighted by Gasteiger charge is 2.57. The molecule has 0 unspecified atom stereocenters. The third-order valence-electron chi connectivity index (χ3n) is 6.40. The number of rotatable bonds is 7. The molecule has 2 aromatic rings. The van der Waals surface area contributed by atoms with Gasteiger partial charge in [-0.1, -0.05) is 6.07 Å². The molecule has 4 heterocycles. The van der Waals surface area contributed by atoms with E-state index in [-0.39, 0.29) is 18.5 Å². The number of hydrogen-bond donors (Lipinski definition) is 0. The van der Waals surface area contributed by atoms with Crippen molar-refractivity contribution in [3.63, 3.8) is 0 Å². The Balaban J connectivity index is 1.51. The number of amides is 3. The molecule has 0 N–H and O–H groups in total. The van der Waals surface area contributed by atoms with Gasteiger partial charge >= 0.3 is 6.03 Å². The van der Waals surface area contributed by atoms with Gasteiger partial charge in [-0.2, -0.15) is 5.10 Å². The third kappa shape index (κ3) is 4.07. The fourth-order valence-corrected chi connectivity index (χ4v) is 4.70. The molecule has 2 fully saturated rings. The highest BCUT2D eigenvalue weighted by atomic mass is 16.5. The highest BCUT2D eigenvalue weighted by Crippen LogP contribution is 2.38. The lowest BCUT2D eigenvalue weighted by atomic mass is 9.85. The van der Waals surface area contributed by atoms with E-state index >= 15 is 0 Å². The van der Waals surface area contributed by atoms with Crippen molar-refractivity contribution in [1.82, 2.24) is 29.5 Å². The van der Waals surface area contributed by atoms with Gasteiger partial charge in [-0.15, -0.1) is 0 Å². The van der Waals surface area contributed by atoms with Crippen LogP contribution in [-0.2, 0) is 29.7 Å². The molecule has 0 saturated carbocycles. The van der Waals surface area contributed by atoms with E-state index < -0.39 is 5.54 Å². The fraction of sp³-hybridized carbons (Fsp3) is 0.545. The van der Waals surface area contributed by atoms with E-state index in [1.807, 2.05) is 37.0 Å². The minimum Gasteiger partial charge on any atom is -0.383 e. The van der Waals surface area contributed by atoms with E-state index in [2.05, 4.69) is 15.0 Å². The van der Waals surface area contributed by atoms with Gasteiger partial charge in [0.2, 0.25) is 0 Å². The Morgan fingerprint density at radius 3 is 2.58 bits per heavy atom. The van der Waals surface area contributed by atoms with Crippen molar-refractivity contribution < 1.29 is 14.3 Å². The molecule has 4 rings (SSSR count). The van der Waals surface area contributed by atoms with Crippen molar-refractivity contribution in [2.75, 3.05) is 33.4 Å². The van der Waals surface area contributed by atoms with E-state index in [1.165, 1.54) is 10.5 Å². The molecule has 2 aliphatic heterocycles. The van der Waals surface area contributed by atoms with Crippen molar-refractivity contribution in [3.8, 4) is 0 Å². The van der Waals surface area contributed by atoms with Crippen LogP contribution in [0.4, 0.5) is 4.79 Å². The smallest absolute Gasteiger partial charge is 0.328 e. The number of ether oxygens (including phenoxy) is 1. The fourth-order valence-electron chi connectivity index (χ4n) is 4.70. The first-order valence-electron chi connectivity index (χ1n) is 10.7. The maximum Gasteiger partial charge on any atom is 0.328 e. The van der Waals surface area contributed by atoms with Gasteiger partial charge in [-0.25, -0.2) is 4.79 Å². The van der Waals surface area contributed by atoms with Crippen LogP contribution in [-0.4, -0.2) is 80.3 Å². The van der Waals surface area contributed by atoms with Gasteiger partial charge in [-0.3, -0.25) is 24.3 Å². The predicted octanol–water partition coefficient (Wildman–Crippen LogP) is 1.57. The summed E-state index contributed by atoms with van der Waals surface area (Å²) >= 11 is 0. The second-order valence-electron chi connectivity index (χ2n) is 8.40. The van der Waals surface area contributed by atoms with Crippen molar-refractivity contribution in [3.05, 3.63) is 47.5 Å². The molecule has 0 aliphatic carbocycles. The minimum absolute atomic E-state index is 0.102. The van der Waals surface area contributed by atoms with Crippen molar-refractivity contribution in [2.24, 2.45) is 7.05 Å². The molecule has 2 aliphatic rings. The van der Waals surface area contributed by atoms with E-state index in [0.29, 0.717) is 26.0 Å². The molecule has 0 atom stereocenters. The van der Waals surface area contributed by atoms with Gasteiger partial charge in [-0.05, 0) is 31.4 Å². The summed E-state index contributed by atoms with van der Waals surface area (Å²) in [5.41, 5.74) is 2.27. The molecular weight excluding hydrogens is 396 g/mol. The van der Waals surface area contributed by atoms with Crippen molar-refractivity contribution in [2.45, 2.75) is 38.4 Å². The Hall–Kier alpha value is -2.78. The first kappa shape index (κ1) is 21.5. The zero-order valence-corrected chi connectivity index (χ0v) is 18.5. The number of hydrogen-bond acceptors (Lipinski definition) is 6. The number of urea groups is 1. The SMILES string of the molecule is COCCN1C(=O)N(Cc2cccnc2)C(=O)C12CCN(Cc1cn(C)nc1C)CC2. The Morgan fingerprint density at radius 2 is 1.97 bits per heavy atom. The predicted molar refractivity (Wildman–Crippen MR) is 114 cm³/mol. The number of aryl methyl sites for hydroxylation is 2. The number of likely N-dealkylation sites (tertiary alicyclic amines) is 1. The second-order valence-corrected chi connectivity index (χ2v) is 8.40. The molecule has 31 heavy (non-hydrogen) atoms. The van der Waals surface area contributed by atoms with Crippen LogP contribution in [0.1, 0.15) is 29.7 Å². The molecule has 3 amide bonds. The molecule has 0 bridgehead atoms. The Bertz CT molecular complexity index is 936. The van der Waals surface area contributed by atoms with E-state index in [4.69, 9.17) is 4.74 Å². The normalized spacial score (nSPS) is 19.1. The maximum atomic E-state index is 13.6. The van der Waals surface area contributed by atoms with E-state index in [9.17, 15) is 9.59 Å². The van der Waals surface area contributed by atoms with Crippen LogP contribution in [0.15, 0.2) is 30.7 Å². The van der Waals surface area contributed by atoms with E-state index in [0.717, 1.165) is 30.9 Å². The molecule has 1 spiro atoms. The standard InChI is InChI=1S/C22H30N6O3/c1-17-19(15-25(2)24-17)16-26-9-6-22(7-10-26)20(29)27(14-18-5-4-8-23-13-18)21(30)28(22)11-12-31-3/h4-5,8,13,15H,6-7,9-12,14,16H2,1-3H3. The number of carbonyl (C=O) groups excluding carboxylic acids is 2. The van der Waals surface area contributed by atoms with Crippen LogP contribution < -0.4 is 0 Å². The molecule has 2 saturated heterocycles. The van der Waals surface area contributed by atoms with Gasteiger partial charge in [0.15, 0.2) is 0 Å². The zero-order chi connectivity index (χ0) is 22.0. The monoisotopic (exact) mass is 426 g/mol. The molecule has 0 aromatic carbocycles. The number of nitrogens with zero attached hydrogens (tertiary/aromatic N) is 6. The van der Waals surface area contributed by atoms with Gasteiger partial charge in [0.05, 0.1) is 18.8 Å². The summed E-state index contributed by atoms with van der Waals surface area (Å²) in [6.45, 7) is 5.37. The Labute approximate surface area is 182 Å². The third-order valence-corrected chi connectivity index (χ3v) is 6.40. The van der Waals surface area contributed by atoms with Crippen molar-refractivity contribution in [1.29, 1.82) is 0 Å². The minimum atomic E-state index is -0.793. The van der Waals surface area contributed by atoms with Crippen LogP contribution in [0.5, 0.6) is 0 Å². The largest absolute Gasteiger partial charge is 0.383 e. The van der Waals surface area contributed by atoms with Crippen LogP contribution in [0.3, 0.4) is 0 Å². The van der Waals surface area contributed by atoms with E-state index in [1.54, 1.807) is 24.4 Å². The lowest BCUT2D eigenvalue weighted by Crippen LogP contribution is -2.57. The summed E-state index contributed by atoms with van der Waals surface area (Å²) < 4.78 is 7.07. The first-order chi connectivity index (χ1) is 14.9. The Kier molecular flexibility index (Phi) is 6.06. The number of piperidine rings is 1. The van der Waals surface area contributed by atoms with Gasteiger partial charge in [0, 0.05) is 64.5 Å². The maximum absolute atomic E-state index is 13.6. The molecule has 2 aromatic heterocycles. The van der Waals surface area contributed by atoms with Gasteiger partial charge < -0.3 is 9.64 Å². The summed E-state index contributed by atoms with van der Waals surface area (Å²) in [4.78, 5) is 36.4. The van der Waals surface area contributed by atoms with Crippen LogP contribution in [0.2, 0.25) is 0 Å². The zero-order valence-electron chi connectivity index (χ0n) is 18.5. The average Bonchev–Trinajstić information content (AvgIpc) is 3.18. The number of pyridine rings is 1. The first-order valence-corrected chi connectivity index (χ1v) is 10.7. The molecule has 9 nitrogen and oxygen atoms in total. The summed E-state index contributed by atoms with van der Waals surface area (Å²) in [6, 6.07) is 3.47. The lowest BCUT2D eigenvalue weighted by molar-refractivity contribution is -0.136. The molecular formula is C22H30N6O3. The highest BCUT2D eigenvalue weighted by molar-refractivity contribution is 6.07. The van der Waals surface area contributed by atoms with Gasteiger partial charge in [0.25, 0.3) is 5.91 Å². The van der Waals surface area contributed by atoms with Crippen LogP contribution in [0, 0.1) is 6.92 Å². The second kappa shape index (κ2) is 8.76. The summed E-state index contributed by atoms with van der Waals surface area (Å²) in [7, 11) is 3.54. The number of imide groups is 1. The molecule has 0 radical (unpaired) electrons.